The number of para-hydroxylation sites is 2. The van der Waals surface area contributed by atoms with Crippen LogP contribution in [0.15, 0.2) is 72.9 Å². The van der Waals surface area contributed by atoms with Crippen molar-refractivity contribution in [2.24, 2.45) is 0 Å². The van der Waals surface area contributed by atoms with E-state index in [1.165, 1.54) is 0 Å². The van der Waals surface area contributed by atoms with Crippen LogP contribution in [0.4, 0.5) is 32.0 Å². The molecule has 166 valence electrons. The average Bonchev–Trinajstić information content (AvgIpc) is 3.38. The minimum absolute atomic E-state index is 0.180. The van der Waals surface area contributed by atoms with E-state index in [0.29, 0.717) is 39.4 Å². The summed E-state index contributed by atoms with van der Waals surface area (Å²) in [5.41, 5.74) is 0.136. The third kappa shape index (κ3) is 3.61. The van der Waals surface area contributed by atoms with Gasteiger partial charge >= 0.3 is 12.4 Å². The highest BCUT2D eigenvalue weighted by Crippen LogP contribution is 2.44. The number of alkyl halides is 6. The van der Waals surface area contributed by atoms with Crippen molar-refractivity contribution in [3.05, 3.63) is 101 Å². The number of hydrogen-bond donors (Lipinski definition) is 2. The molecule has 0 bridgehead atoms. The first-order valence-electron chi connectivity index (χ1n) is 9.93. The standard InChI is InChI=1S/C25H14F6N2/c26-24(27,28)14-9-10-17(20(11-14)25(29,30)31)23(18-12-32-21-7-3-1-5-15(18)21)19-13-33-22-8-4-2-6-16(19)22/h1-13,32H/p+1/b23-19+. The molecule has 3 aromatic carbocycles. The van der Waals surface area contributed by atoms with E-state index in [0.717, 1.165) is 6.07 Å². The first-order chi connectivity index (χ1) is 15.6. The molecule has 4 aromatic rings. The van der Waals surface area contributed by atoms with E-state index in [9.17, 15) is 26.3 Å². The van der Waals surface area contributed by atoms with Crippen molar-refractivity contribution in [3.8, 4) is 0 Å². The molecule has 2 N–H and O–H groups in total. The molecule has 0 spiro atoms. The fourth-order valence-corrected chi connectivity index (χ4v) is 4.17. The van der Waals surface area contributed by atoms with Gasteiger partial charge in [0.2, 0.25) is 5.69 Å². The predicted octanol–water partition coefficient (Wildman–Crippen LogP) is 5.96. The summed E-state index contributed by atoms with van der Waals surface area (Å²) in [7, 11) is 0. The van der Waals surface area contributed by atoms with Crippen LogP contribution in [0.25, 0.3) is 22.0 Å². The summed E-state index contributed by atoms with van der Waals surface area (Å²) in [4.78, 5) is 6.10. The van der Waals surface area contributed by atoms with Gasteiger partial charge in [-0.3, -0.25) is 0 Å². The Morgan fingerprint density at radius 1 is 0.758 bits per heavy atom. The normalized spacial score (nSPS) is 15.2. The second kappa shape index (κ2) is 7.37. The topological polar surface area (TPSA) is 29.8 Å². The molecule has 0 atom stereocenters. The first-order valence-corrected chi connectivity index (χ1v) is 9.93. The van der Waals surface area contributed by atoms with Crippen molar-refractivity contribution in [2.45, 2.75) is 12.4 Å². The fraction of sp³-hybridized carbons (Fsp3) is 0.0800. The lowest BCUT2D eigenvalue weighted by Crippen LogP contribution is -2.58. The lowest BCUT2D eigenvalue weighted by molar-refractivity contribution is -0.342. The van der Waals surface area contributed by atoms with Gasteiger partial charge in [-0.05, 0) is 29.8 Å². The van der Waals surface area contributed by atoms with E-state index in [4.69, 9.17) is 0 Å². The summed E-state index contributed by atoms with van der Waals surface area (Å²) in [6, 6.07) is 15.9. The molecular weight excluding hydrogens is 442 g/mol. The van der Waals surface area contributed by atoms with Crippen molar-refractivity contribution in [1.29, 1.82) is 0 Å². The zero-order valence-electron chi connectivity index (χ0n) is 16.8. The third-order valence-corrected chi connectivity index (χ3v) is 5.64. The number of fused-ring (bicyclic) bond motifs is 2. The Morgan fingerprint density at radius 3 is 2.24 bits per heavy atom. The first kappa shape index (κ1) is 21.1. The SMILES string of the molecule is FC(F)(F)c1ccc(/C(=C2/C=[NH+]c3ccccc32)c2c[nH]c3ccccc23)c(C(F)(F)F)c1. The maximum absolute atomic E-state index is 14.1. The smallest absolute Gasteiger partial charge is 0.361 e. The quantitative estimate of drug-likeness (QED) is 0.348. The molecule has 1 aromatic heterocycles. The van der Waals surface area contributed by atoms with Crippen LogP contribution in [0.2, 0.25) is 0 Å². The second-order valence-electron chi connectivity index (χ2n) is 7.63. The van der Waals surface area contributed by atoms with Crippen LogP contribution in [0.5, 0.6) is 0 Å². The number of aromatic amines is 1. The molecule has 0 fully saturated rings. The Morgan fingerprint density at radius 2 is 1.48 bits per heavy atom. The summed E-state index contributed by atoms with van der Waals surface area (Å²) < 4.78 is 82.1. The Bertz CT molecular complexity index is 1440. The van der Waals surface area contributed by atoms with Crippen LogP contribution >= 0.6 is 0 Å². The van der Waals surface area contributed by atoms with Gasteiger partial charge in [0.05, 0.1) is 22.3 Å². The van der Waals surface area contributed by atoms with Gasteiger partial charge in [0.25, 0.3) is 0 Å². The van der Waals surface area contributed by atoms with Crippen molar-refractivity contribution in [1.82, 2.24) is 4.98 Å². The molecule has 0 radical (unpaired) electrons. The van der Waals surface area contributed by atoms with Crippen LogP contribution in [-0.4, -0.2) is 11.2 Å². The Hall–Kier alpha value is -3.81. The lowest BCUT2D eigenvalue weighted by Gasteiger charge is -2.19. The van der Waals surface area contributed by atoms with Crippen molar-refractivity contribution < 1.29 is 31.3 Å². The van der Waals surface area contributed by atoms with Gasteiger partial charge in [-0.2, -0.15) is 26.3 Å². The summed E-state index contributed by atoms with van der Waals surface area (Å²) in [6.45, 7) is 0. The highest BCUT2D eigenvalue weighted by atomic mass is 19.4. The monoisotopic (exact) mass is 457 g/mol. The molecule has 0 aliphatic carbocycles. The van der Waals surface area contributed by atoms with Crippen molar-refractivity contribution in [2.75, 3.05) is 0 Å². The van der Waals surface area contributed by atoms with Gasteiger partial charge in [0, 0.05) is 34.3 Å². The molecule has 0 unspecified atom stereocenters. The lowest BCUT2D eigenvalue weighted by atomic mass is 9.86. The highest BCUT2D eigenvalue weighted by Gasteiger charge is 2.40. The number of rotatable bonds is 2. The number of H-pyrrole nitrogens is 1. The van der Waals surface area contributed by atoms with E-state index in [2.05, 4.69) is 9.98 Å². The van der Waals surface area contributed by atoms with E-state index in [1.807, 2.05) is 0 Å². The van der Waals surface area contributed by atoms with Gasteiger partial charge in [-0.1, -0.05) is 36.4 Å². The van der Waals surface area contributed by atoms with Crippen LogP contribution in [0.1, 0.15) is 27.8 Å². The predicted molar refractivity (Wildman–Crippen MR) is 114 cm³/mol. The molecule has 5 rings (SSSR count). The largest absolute Gasteiger partial charge is 0.417 e. The highest BCUT2D eigenvalue weighted by molar-refractivity contribution is 6.25. The van der Waals surface area contributed by atoms with Gasteiger partial charge < -0.3 is 4.98 Å². The van der Waals surface area contributed by atoms with Gasteiger partial charge in [-0.25, -0.2) is 4.99 Å². The zero-order chi connectivity index (χ0) is 23.4. The number of benzene rings is 3. The maximum Gasteiger partial charge on any atom is 0.417 e. The summed E-state index contributed by atoms with van der Waals surface area (Å²) >= 11 is 0. The minimum atomic E-state index is -5.00. The van der Waals surface area contributed by atoms with E-state index >= 15 is 0 Å². The molecular formula is C25H15F6N2+. The Balaban J connectivity index is 1.88. The van der Waals surface area contributed by atoms with Crippen molar-refractivity contribution >= 4 is 34.0 Å². The van der Waals surface area contributed by atoms with Crippen LogP contribution in [-0.2, 0) is 12.4 Å². The fourth-order valence-electron chi connectivity index (χ4n) is 4.17. The van der Waals surface area contributed by atoms with E-state index < -0.39 is 23.5 Å². The molecule has 1 aliphatic rings. The number of allylic oxidation sites excluding steroid dienone is 1. The van der Waals surface area contributed by atoms with Crippen LogP contribution < -0.4 is 4.99 Å². The summed E-state index contributed by atoms with van der Waals surface area (Å²) in [5.74, 6) is 0. The van der Waals surface area contributed by atoms with E-state index in [-0.39, 0.29) is 17.2 Å². The molecule has 2 nitrogen and oxygen atoms in total. The molecule has 8 heteroatoms. The molecule has 0 amide bonds. The number of nitrogens with one attached hydrogen (secondary N) is 2. The maximum atomic E-state index is 14.1. The minimum Gasteiger partial charge on any atom is -0.361 e. The Labute approximate surface area is 183 Å². The molecule has 2 heterocycles. The van der Waals surface area contributed by atoms with Crippen LogP contribution in [0.3, 0.4) is 0 Å². The van der Waals surface area contributed by atoms with Gasteiger partial charge in [0.15, 0.2) is 6.21 Å². The number of aromatic nitrogens is 1. The molecule has 0 saturated heterocycles. The van der Waals surface area contributed by atoms with E-state index in [1.54, 1.807) is 60.9 Å². The molecule has 33 heavy (non-hydrogen) atoms. The molecule has 1 aliphatic heterocycles. The second-order valence-corrected chi connectivity index (χ2v) is 7.63. The number of hydrogen-bond acceptors (Lipinski definition) is 0. The Kier molecular flexibility index (Phi) is 4.70. The van der Waals surface area contributed by atoms with Crippen molar-refractivity contribution in [3.63, 3.8) is 0 Å². The zero-order valence-corrected chi connectivity index (χ0v) is 16.8. The summed E-state index contributed by atoms with van der Waals surface area (Å²) in [6.07, 6.45) is -6.74. The average molecular weight is 457 g/mol. The number of halogens is 6. The van der Waals surface area contributed by atoms with Crippen LogP contribution in [0, 0.1) is 0 Å². The third-order valence-electron chi connectivity index (χ3n) is 5.64. The summed E-state index contributed by atoms with van der Waals surface area (Å²) in [5, 5.41) is 0.658. The molecule has 0 saturated carbocycles. The van der Waals surface area contributed by atoms with Gasteiger partial charge in [-0.15, -0.1) is 0 Å². The van der Waals surface area contributed by atoms with Gasteiger partial charge in [0.1, 0.15) is 0 Å².